The summed E-state index contributed by atoms with van der Waals surface area (Å²) in [4.78, 5) is 41.7. The molecule has 3 aromatic carbocycles. The van der Waals surface area contributed by atoms with Crippen LogP contribution >= 0.6 is 0 Å². The van der Waals surface area contributed by atoms with E-state index in [0.717, 1.165) is 17.7 Å². The number of anilines is 1. The Labute approximate surface area is 348 Å². The van der Waals surface area contributed by atoms with E-state index in [4.69, 9.17) is 9.57 Å². The molecule has 0 radical (unpaired) electrons. The van der Waals surface area contributed by atoms with Crippen molar-refractivity contribution in [2.24, 2.45) is 34.2 Å². The monoisotopic (exact) mass is 810 g/mol. The Hall–Kier alpha value is -4.69. The van der Waals surface area contributed by atoms with Crippen LogP contribution in [0.1, 0.15) is 68.1 Å². The molecular weight excluding hydrogens is 749 g/mol. The number of ether oxygens (including phenoxy) is 1. The lowest BCUT2D eigenvalue weighted by atomic mass is 9.45. The minimum atomic E-state index is -0.941. The molecule has 3 aromatic rings. The number of carbonyl (C=O) groups is 2. The Balaban J connectivity index is 1.31. The molecule has 2 amide bonds. The Bertz CT molecular complexity index is 2000. The number of para-hydroxylation sites is 1. The fraction of sp³-hybridized carbons (Fsp3) is 0.556. The van der Waals surface area contributed by atoms with Crippen molar-refractivity contribution in [3.63, 3.8) is 0 Å². The number of nitrogens with one attached hydrogen (secondary N) is 2. The summed E-state index contributed by atoms with van der Waals surface area (Å²) in [5.74, 6) is 0.650. The molecule has 4 N–H and O–H groups in total. The van der Waals surface area contributed by atoms with E-state index in [-0.39, 0.29) is 36.4 Å². The van der Waals surface area contributed by atoms with Gasteiger partial charge in [-0.25, -0.2) is 0 Å². The van der Waals surface area contributed by atoms with E-state index in [0.29, 0.717) is 52.3 Å². The Morgan fingerprint density at radius 1 is 1.07 bits per heavy atom. The van der Waals surface area contributed by atoms with E-state index in [9.17, 15) is 25.3 Å². The number of benzene rings is 3. The lowest BCUT2D eigenvalue weighted by Gasteiger charge is -2.62. The van der Waals surface area contributed by atoms with E-state index in [2.05, 4.69) is 41.4 Å². The number of fused-ring (bicyclic) bond motifs is 2. The number of rotatable bonds is 16. The van der Waals surface area contributed by atoms with Crippen LogP contribution in [-0.4, -0.2) is 111 Å². The molecular formula is C45H62N8O6. The lowest BCUT2D eigenvalue weighted by molar-refractivity contribution is -0.175. The normalized spacial score (nSPS) is 26.2. The molecule has 7 rings (SSSR count). The SMILES string of the molecule is COc1c(CN2O[C@@H](CN=[N+]=[N-])[C@@H]([C@H](C)O)[C@H]2C(=O)N[C@H]2C[C@H]3C[C@@H]([C@@H]2C)C3(C)C)cccc1-c1cc(C(=O)N[C@H](CN(C)C)[C@H](O)c2ccccc2)cc(N(C)C)c1. The van der Waals surface area contributed by atoms with Gasteiger partial charge in [-0.05, 0) is 91.9 Å². The van der Waals surface area contributed by atoms with Gasteiger partial charge in [-0.2, -0.15) is 5.06 Å². The molecule has 3 saturated carbocycles. The molecule has 4 aliphatic rings. The second-order valence-electron chi connectivity index (χ2n) is 17.8. The van der Waals surface area contributed by atoms with Crippen LogP contribution in [0.15, 0.2) is 71.8 Å². The topological polar surface area (TPSA) is 176 Å². The van der Waals surface area contributed by atoms with E-state index in [1.807, 2.05) is 105 Å². The molecule has 0 spiro atoms. The molecule has 10 atom stereocenters. The summed E-state index contributed by atoms with van der Waals surface area (Å²) >= 11 is 0. The predicted octanol–water partition coefficient (Wildman–Crippen LogP) is 5.80. The highest BCUT2D eigenvalue weighted by Crippen LogP contribution is 2.61. The number of azide groups is 1. The van der Waals surface area contributed by atoms with Gasteiger partial charge in [-0.3, -0.25) is 14.4 Å². The fourth-order valence-corrected chi connectivity index (χ4v) is 9.85. The zero-order chi connectivity index (χ0) is 42.8. The third kappa shape index (κ3) is 9.23. The van der Waals surface area contributed by atoms with E-state index >= 15 is 0 Å². The number of aliphatic hydroxyl groups is 2. The molecule has 0 aromatic heterocycles. The van der Waals surface area contributed by atoms with Crippen LogP contribution in [0, 0.1) is 29.1 Å². The average molecular weight is 811 g/mol. The smallest absolute Gasteiger partial charge is 0.251 e. The zero-order valence-corrected chi connectivity index (χ0v) is 35.9. The number of hydrogen-bond acceptors (Lipinski definition) is 10. The number of aliphatic hydroxyl groups excluding tert-OH is 2. The number of hydroxylamine groups is 2. The van der Waals surface area contributed by atoms with Crippen LogP contribution in [0.2, 0.25) is 0 Å². The maximum absolute atomic E-state index is 14.4. The van der Waals surface area contributed by atoms with Crippen molar-refractivity contribution in [3.8, 4) is 16.9 Å². The minimum absolute atomic E-state index is 0.0000463. The van der Waals surface area contributed by atoms with Crippen LogP contribution in [0.4, 0.5) is 5.69 Å². The summed E-state index contributed by atoms with van der Waals surface area (Å²) < 4.78 is 6.11. The third-order valence-electron chi connectivity index (χ3n) is 13.2. The molecule has 4 fully saturated rings. The van der Waals surface area contributed by atoms with Crippen molar-refractivity contribution in [2.45, 2.75) is 83.5 Å². The number of carbonyl (C=O) groups excluding carboxylic acids is 2. The molecule has 3 aliphatic carbocycles. The molecule has 1 aliphatic heterocycles. The largest absolute Gasteiger partial charge is 0.496 e. The molecule has 59 heavy (non-hydrogen) atoms. The molecule has 1 heterocycles. The van der Waals surface area contributed by atoms with Crippen LogP contribution in [0.25, 0.3) is 21.6 Å². The standard InChI is InChI=1S/C45H62N8O6/c1-26-35-21-32(45(35,3)4)22-36(26)48-44(57)40-39(27(2)54)38(23-47-50-46)59-53(40)24-29-16-13-17-34(42(29)58-9)30-18-31(20-33(19-30)52(7)8)43(56)49-37(25-51(5)6)41(55)28-14-11-10-12-15-28/h10-20,26-27,32,35-41,54-55H,21-25H2,1-9H3,(H,48,57)(H,49,56)/t26-,27-,32+,35-,36-,37+,38-,39+,40-,41+/m0/s1. The third-order valence-corrected chi connectivity index (χ3v) is 13.2. The predicted molar refractivity (Wildman–Crippen MR) is 228 cm³/mol. The van der Waals surface area contributed by atoms with E-state index < -0.39 is 36.3 Å². The van der Waals surface area contributed by atoms with Crippen LogP contribution < -0.4 is 20.3 Å². The number of hydrogen-bond donors (Lipinski definition) is 4. The summed E-state index contributed by atoms with van der Waals surface area (Å²) in [5, 5.41) is 34.3. The van der Waals surface area contributed by atoms with Crippen molar-refractivity contribution in [1.29, 1.82) is 0 Å². The molecule has 318 valence electrons. The van der Waals surface area contributed by atoms with Crippen LogP contribution in [0.3, 0.4) is 0 Å². The van der Waals surface area contributed by atoms with Gasteiger partial charge in [0.15, 0.2) is 0 Å². The second-order valence-corrected chi connectivity index (χ2v) is 17.8. The van der Waals surface area contributed by atoms with Gasteiger partial charge in [0.2, 0.25) is 5.91 Å². The first-order chi connectivity index (χ1) is 28.0. The maximum Gasteiger partial charge on any atom is 0.251 e. The zero-order valence-electron chi connectivity index (χ0n) is 35.9. The highest BCUT2D eigenvalue weighted by atomic mass is 16.7. The van der Waals surface area contributed by atoms with Gasteiger partial charge in [-0.15, -0.1) is 0 Å². The van der Waals surface area contributed by atoms with Crippen LogP contribution in [0.5, 0.6) is 5.75 Å². The van der Waals surface area contributed by atoms with Crippen molar-refractivity contribution in [1.82, 2.24) is 20.6 Å². The van der Waals surface area contributed by atoms with Crippen LogP contribution in [-0.2, 0) is 16.2 Å². The highest BCUT2D eigenvalue weighted by Gasteiger charge is 2.57. The Morgan fingerprint density at radius 3 is 2.41 bits per heavy atom. The summed E-state index contributed by atoms with van der Waals surface area (Å²) in [6.07, 6.45) is -0.530. The molecule has 14 nitrogen and oxygen atoms in total. The van der Waals surface area contributed by atoms with Gasteiger partial charge >= 0.3 is 0 Å². The van der Waals surface area contributed by atoms with Crippen molar-refractivity contribution < 1.29 is 29.4 Å². The average Bonchev–Trinajstić information content (AvgIpc) is 3.57. The number of nitrogens with zero attached hydrogens (tertiary/aromatic N) is 6. The van der Waals surface area contributed by atoms with Gasteiger partial charge in [-0.1, -0.05) is 74.4 Å². The summed E-state index contributed by atoms with van der Waals surface area (Å²) in [6, 6.07) is 19.1. The summed E-state index contributed by atoms with van der Waals surface area (Å²) in [7, 11) is 9.18. The molecule has 1 saturated heterocycles. The van der Waals surface area contributed by atoms with Gasteiger partial charge < -0.3 is 35.4 Å². The minimum Gasteiger partial charge on any atom is -0.496 e. The van der Waals surface area contributed by atoms with E-state index in [1.54, 1.807) is 19.1 Å². The molecule has 2 bridgehead atoms. The quantitative estimate of drug-likeness (QED) is 0.0792. The number of amides is 2. The van der Waals surface area contributed by atoms with Gasteiger partial charge in [0, 0.05) is 59.9 Å². The van der Waals surface area contributed by atoms with Crippen molar-refractivity contribution >= 4 is 17.5 Å². The summed E-state index contributed by atoms with van der Waals surface area (Å²) in [6.45, 7) is 8.98. The van der Waals surface area contributed by atoms with Gasteiger partial charge in [0.25, 0.3) is 5.91 Å². The lowest BCUT2D eigenvalue weighted by Crippen LogP contribution is -2.62. The molecule has 14 heteroatoms. The second kappa shape index (κ2) is 18.3. The first kappa shape index (κ1) is 43.9. The number of likely N-dealkylation sites (N-methyl/N-ethyl adjacent to an activating group) is 1. The number of methoxy groups -OCH3 is 1. The summed E-state index contributed by atoms with van der Waals surface area (Å²) in [5.41, 5.74) is 13.5. The first-order valence-electron chi connectivity index (χ1n) is 20.7. The first-order valence-corrected chi connectivity index (χ1v) is 20.7. The maximum atomic E-state index is 14.4. The van der Waals surface area contributed by atoms with Crippen molar-refractivity contribution in [2.75, 3.05) is 53.3 Å². The Morgan fingerprint density at radius 2 is 1.80 bits per heavy atom. The van der Waals surface area contributed by atoms with Gasteiger partial charge in [0.1, 0.15) is 17.9 Å². The van der Waals surface area contributed by atoms with E-state index in [1.165, 1.54) is 6.42 Å². The van der Waals surface area contributed by atoms with Crippen molar-refractivity contribution in [3.05, 3.63) is 93.9 Å². The highest BCUT2D eigenvalue weighted by molar-refractivity contribution is 5.97. The fourth-order valence-electron chi connectivity index (χ4n) is 9.85. The molecule has 0 unspecified atom stereocenters. The van der Waals surface area contributed by atoms with Gasteiger partial charge in [0.05, 0.1) is 38.4 Å². The Kier molecular flexibility index (Phi) is 13.6.